The minimum Gasteiger partial charge on any atom is -0.435 e. The zero-order valence-electron chi connectivity index (χ0n) is 17.2. The highest BCUT2D eigenvalue weighted by molar-refractivity contribution is 6.38. The number of hydrogen-bond donors (Lipinski definition) is 1. The molecular weight excluding hydrogens is 431 g/mol. The van der Waals surface area contributed by atoms with Crippen LogP contribution >= 0.6 is 23.2 Å². The van der Waals surface area contributed by atoms with Crippen LogP contribution in [0.3, 0.4) is 0 Å². The Morgan fingerprint density at radius 3 is 2.48 bits per heavy atom. The van der Waals surface area contributed by atoms with Gasteiger partial charge in [-0.15, -0.1) is 0 Å². The zero-order valence-corrected chi connectivity index (χ0v) is 18.7. The summed E-state index contributed by atoms with van der Waals surface area (Å²) in [5, 5.41) is 4.07. The van der Waals surface area contributed by atoms with Gasteiger partial charge in [-0.25, -0.2) is 4.98 Å². The summed E-state index contributed by atoms with van der Waals surface area (Å²) in [6, 6.07) is 11.0. The Labute approximate surface area is 191 Å². The smallest absolute Gasteiger partial charge is 0.227 e. The van der Waals surface area contributed by atoms with E-state index < -0.39 is 0 Å². The van der Waals surface area contributed by atoms with Gasteiger partial charge in [0.1, 0.15) is 5.52 Å². The van der Waals surface area contributed by atoms with E-state index in [1.54, 1.807) is 12.1 Å². The molecule has 0 spiro atoms. The Balaban J connectivity index is 1.21. The molecule has 4 saturated carbocycles. The van der Waals surface area contributed by atoms with Gasteiger partial charge in [0.15, 0.2) is 5.58 Å². The van der Waals surface area contributed by atoms with Gasteiger partial charge >= 0.3 is 0 Å². The maximum atomic E-state index is 13.0. The number of halogens is 2. The first-order valence-electron chi connectivity index (χ1n) is 11.1. The van der Waals surface area contributed by atoms with Crippen LogP contribution in [0, 0.1) is 23.2 Å². The molecule has 7 rings (SSSR count). The Morgan fingerprint density at radius 2 is 1.77 bits per heavy atom. The molecule has 160 valence electrons. The van der Waals surface area contributed by atoms with Crippen LogP contribution in [-0.2, 0) is 4.79 Å². The summed E-state index contributed by atoms with van der Waals surface area (Å²) >= 11 is 12.3. The number of carbonyl (C=O) groups is 1. The molecule has 6 heteroatoms. The number of amides is 1. The van der Waals surface area contributed by atoms with Crippen molar-refractivity contribution in [2.75, 3.05) is 5.32 Å². The number of carbonyl (C=O) groups excluding carboxylic acids is 1. The third-order valence-electron chi connectivity index (χ3n) is 7.50. The summed E-state index contributed by atoms with van der Waals surface area (Å²) in [6.07, 6.45) is 8.52. The average Bonchev–Trinajstić information content (AvgIpc) is 3.11. The van der Waals surface area contributed by atoms with Gasteiger partial charge in [0, 0.05) is 22.7 Å². The first kappa shape index (κ1) is 19.6. The van der Waals surface area contributed by atoms with Gasteiger partial charge in [-0.05, 0) is 92.0 Å². The van der Waals surface area contributed by atoms with E-state index in [9.17, 15) is 4.79 Å². The predicted molar refractivity (Wildman–Crippen MR) is 123 cm³/mol. The van der Waals surface area contributed by atoms with Gasteiger partial charge in [-0.3, -0.25) is 4.79 Å². The number of aromatic nitrogens is 1. The van der Waals surface area contributed by atoms with E-state index in [2.05, 4.69) is 10.3 Å². The van der Waals surface area contributed by atoms with E-state index in [-0.39, 0.29) is 11.3 Å². The van der Waals surface area contributed by atoms with Gasteiger partial charge in [0.25, 0.3) is 0 Å². The van der Waals surface area contributed by atoms with E-state index in [0.717, 1.165) is 29.0 Å². The monoisotopic (exact) mass is 454 g/mol. The highest BCUT2D eigenvalue weighted by Gasteiger charge is 2.51. The van der Waals surface area contributed by atoms with Crippen LogP contribution in [0.1, 0.15) is 44.9 Å². The van der Waals surface area contributed by atoms with Gasteiger partial charge in [-0.2, -0.15) is 0 Å². The summed E-state index contributed by atoms with van der Waals surface area (Å²) in [5.74, 6) is 3.12. The molecule has 0 radical (unpaired) electrons. The summed E-state index contributed by atoms with van der Waals surface area (Å²) in [6.45, 7) is 0. The average molecular weight is 455 g/mol. The Bertz CT molecular complexity index is 1150. The summed E-state index contributed by atoms with van der Waals surface area (Å²) < 4.78 is 5.88. The van der Waals surface area contributed by atoms with E-state index in [1.807, 2.05) is 24.3 Å². The van der Waals surface area contributed by atoms with Crippen molar-refractivity contribution in [1.82, 2.24) is 4.98 Å². The first-order valence-corrected chi connectivity index (χ1v) is 11.9. The summed E-state index contributed by atoms with van der Waals surface area (Å²) in [5.41, 5.74) is 2.91. The first-order chi connectivity index (χ1) is 14.9. The van der Waals surface area contributed by atoms with Crippen LogP contribution in [0.5, 0.6) is 0 Å². The van der Waals surface area contributed by atoms with E-state index in [0.29, 0.717) is 33.5 Å². The number of hydrogen-bond acceptors (Lipinski definition) is 3. The third-order valence-corrected chi connectivity index (χ3v) is 8.00. The van der Waals surface area contributed by atoms with E-state index in [4.69, 9.17) is 27.6 Å². The van der Waals surface area contributed by atoms with Crippen molar-refractivity contribution in [2.24, 2.45) is 23.2 Å². The fourth-order valence-electron chi connectivity index (χ4n) is 6.87. The molecule has 31 heavy (non-hydrogen) atoms. The largest absolute Gasteiger partial charge is 0.435 e. The number of rotatable bonds is 4. The molecule has 4 bridgehead atoms. The van der Waals surface area contributed by atoms with Crippen LogP contribution in [0.2, 0.25) is 10.0 Å². The van der Waals surface area contributed by atoms with Crippen molar-refractivity contribution in [3.05, 3.63) is 46.4 Å². The standard InChI is InChI=1S/C25H24Cl2N2O2/c26-18-8-20(27)23-21(9-18)29-24(31-23)17-2-1-3-19(7-17)28-22(30)13-25-10-14-4-15(11-25)6-16(5-14)12-25/h1-3,7-9,14-16H,4-6,10-13H2,(H,28,30). The van der Waals surface area contributed by atoms with Gasteiger partial charge < -0.3 is 9.73 Å². The lowest BCUT2D eigenvalue weighted by Crippen LogP contribution is -2.47. The topological polar surface area (TPSA) is 55.1 Å². The second-order valence-corrected chi connectivity index (χ2v) is 10.8. The zero-order chi connectivity index (χ0) is 21.2. The normalized spacial score (nSPS) is 28.9. The Hall–Kier alpha value is -2.04. The maximum Gasteiger partial charge on any atom is 0.227 e. The molecule has 1 heterocycles. The lowest BCUT2D eigenvalue weighted by Gasteiger charge is -2.56. The molecule has 1 aromatic heterocycles. The molecule has 1 amide bonds. The Kier molecular flexibility index (Phi) is 4.59. The lowest BCUT2D eigenvalue weighted by atomic mass is 9.49. The SMILES string of the molecule is O=C(CC12CC3CC(CC(C3)C1)C2)Nc1cccc(-c2nc3cc(Cl)cc(Cl)c3o2)c1. The number of anilines is 1. The molecule has 4 aliphatic carbocycles. The number of oxazole rings is 1. The highest BCUT2D eigenvalue weighted by atomic mass is 35.5. The summed E-state index contributed by atoms with van der Waals surface area (Å²) in [7, 11) is 0. The maximum absolute atomic E-state index is 13.0. The lowest BCUT2D eigenvalue weighted by molar-refractivity contribution is -0.124. The predicted octanol–water partition coefficient (Wildman–Crippen LogP) is 7.35. The minimum atomic E-state index is 0.117. The van der Waals surface area contributed by atoms with Gasteiger partial charge in [0.05, 0.1) is 5.02 Å². The molecule has 0 aliphatic heterocycles. The molecule has 2 aromatic carbocycles. The quantitative estimate of drug-likeness (QED) is 0.448. The minimum absolute atomic E-state index is 0.117. The molecule has 4 nitrogen and oxygen atoms in total. The van der Waals surface area contributed by atoms with Crippen molar-refractivity contribution in [3.8, 4) is 11.5 Å². The number of benzene rings is 2. The van der Waals surface area contributed by atoms with Crippen molar-refractivity contribution in [3.63, 3.8) is 0 Å². The number of nitrogens with zero attached hydrogens (tertiary/aromatic N) is 1. The van der Waals surface area contributed by atoms with Crippen LogP contribution in [0.15, 0.2) is 40.8 Å². The van der Waals surface area contributed by atoms with Crippen LogP contribution < -0.4 is 5.32 Å². The highest BCUT2D eigenvalue weighted by Crippen LogP contribution is 2.61. The molecule has 0 atom stereocenters. The van der Waals surface area contributed by atoms with Gasteiger partial charge in [-0.1, -0.05) is 29.3 Å². The van der Waals surface area contributed by atoms with Gasteiger partial charge in [0.2, 0.25) is 11.8 Å². The number of nitrogens with one attached hydrogen (secondary N) is 1. The van der Waals surface area contributed by atoms with E-state index in [1.165, 1.54) is 38.5 Å². The second-order valence-electron chi connectivity index (χ2n) is 9.98. The van der Waals surface area contributed by atoms with E-state index >= 15 is 0 Å². The third kappa shape index (κ3) is 3.64. The molecular formula is C25H24Cl2N2O2. The van der Waals surface area contributed by atoms with Crippen LogP contribution in [0.4, 0.5) is 5.69 Å². The number of fused-ring (bicyclic) bond motifs is 1. The summed E-state index contributed by atoms with van der Waals surface area (Å²) in [4.78, 5) is 17.5. The molecule has 0 unspecified atom stereocenters. The molecule has 3 aromatic rings. The fraction of sp³-hybridized carbons (Fsp3) is 0.440. The second kappa shape index (κ2) is 7.25. The molecule has 0 saturated heterocycles. The molecule has 4 aliphatic rings. The molecule has 1 N–H and O–H groups in total. The Morgan fingerprint density at radius 1 is 1.06 bits per heavy atom. The van der Waals surface area contributed by atoms with Crippen molar-refractivity contribution < 1.29 is 9.21 Å². The van der Waals surface area contributed by atoms with Crippen molar-refractivity contribution >= 4 is 45.9 Å². The molecule has 4 fully saturated rings. The van der Waals surface area contributed by atoms with Crippen molar-refractivity contribution in [2.45, 2.75) is 44.9 Å². The van der Waals surface area contributed by atoms with Crippen molar-refractivity contribution in [1.29, 1.82) is 0 Å². The van der Waals surface area contributed by atoms with Crippen LogP contribution in [0.25, 0.3) is 22.6 Å². The fourth-order valence-corrected chi connectivity index (χ4v) is 7.39. The van der Waals surface area contributed by atoms with Crippen LogP contribution in [-0.4, -0.2) is 10.9 Å².